The molecular weight excluding hydrogens is 346 g/mol. The predicted molar refractivity (Wildman–Crippen MR) is 103 cm³/mol. The summed E-state index contributed by atoms with van der Waals surface area (Å²) >= 11 is 1.76. The Morgan fingerprint density at radius 2 is 2.12 bits per heavy atom. The molecule has 1 aromatic heterocycles. The number of carbonyl (C=O) groups is 2. The highest BCUT2D eigenvalue weighted by Crippen LogP contribution is 2.46. The van der Waals surface area contributed by atoms with E-state index in [1.165, 1.54) is 9.78 Å². The van der Waals surface area contributed by atoms with Gasteiger partial charge in [0.2, 0.25) is 0 Å². The maximum absolute atomic E-state index is 13.3. The van der Waals surface area contributed by atoms with Gasteiger partial charge >= 0.3 is 6.03 Å². The van der Waals surface area contributed by atoms with Crippen molar-refractivity contribution in [2.75, 3.05) is 13.2 Å². The van der Waals surface area contributed by atoms with Crippen molar-refractivity contribution in [2.24, 2.45) is 11.3 Å². The molecular formula is C20H29N3O2S. The molecule has 0 radical (unpaired) electrons. The van der Waals surface area contributed by atoms with E-state index in [1.807, 2.05) is 0 Å². The van der Waals surface area contributed by atoms with Gasteiger partial charge in [0.25, 0.3) is 5.91 Å². The number of urea groups is 1. The van der Waals surface area contributed by atoms with E-state index < -0.39 is 5.54 Å². The van der Waals surface area contributed by atoms with Crippen molar-refractivity contribution in [2.45, 2.75) is 64.5 Å². The van der Waals surface area contributed by atoms with E-state index in [-0.39, 0.29) is 17.4 Å². The Morgan fingerprint density at radius 1 is 1.31 bits per heavy atom. The fourth-order valence-corrected chi connectivity index (χ4v) is 6.51. The zero-order valence-corrected chi connectivity index (χ0v) is 16.8. The number of thiophene rings is 1. The highest BCUT2D eigenvalue weighted by atomic mass is 32.1. The molecule has 6 heteroatoms. The summed E-state index contributed by atoms with van der Waals surface area (Å²) in [7, 11) is 0. The average molecular weight is 376 g/mol. The highest BCUT2D eigenvalue weighted by molar-refractivity contribution is 7.10. The van der Waals surface area contributed by atoms with Crippen molar-refractivity contribution in [3.05, 3.63) is 22.4 Å². The summed E-state index contributed by atoms with van der Waals surface area (Å²) in [6.45, 7) is 7.95. The van der Waals surface area contributed by atoms with E-state index in [9.17, 15) is 9.59 Å². The molecule has 1 saturated carbocycles. The standard InChI is InChI=1S/C20H29N3O2S/c1-14-10-19(2,3)12-20(11-14)17(24)23(18(25)21-20)13-22-8-4-6-15(22)16-7-5-9-26-16/h5,7,9,14-15H,4,6,8,10-13H2,1-3H3,(H,21,25). The number of carbonyl (C=O) groups excluding carboxylic acids is 2. The van der Waals surface area contributed by atoms with Crippen LogP contribution in [-0.2, 0) is 4.79 Å². The molecule has 3 fully saturated rings. The predicted octanol–water partition coefficient (Wildman–Crippen LogP) is 3.98. The van der Waals surface area contributed by atoms with Gasteiger partial charge in [0.1, 0.15) is 5.54 Å². The van der Waals surface area contributed by atoms with Gasteiger partial charge in [0.05, 0.1) is 6.67 Å². The Balaban J connectivity index is 1.53. The quantitative estimate of drug-likeness (QED) is 0.813. The van der Waals surface area contributed by atoms with Crippen LogP contribution in [0.3, 0.4) is 0 Å². The van der Waals surface area contributed by atoms with Gasteiger partial charge in [-0.05, 0) is 54.9 Å². The van der Waals surface area contributed by atoms with Crippen LogP contribution in [0.25, 0.3) is 0 Å². The Kier molecular flexibility index (Phi) is 4.39. The number of hydrogen-bond donors (Lipinski definition) is 1. The van der Waals surface area contributed by atoms with E-state index >= 15 is 0 Å². The van der Waals surface area contributed by atoms with Crippen molar-refractivity contribution >= 4 is 23.3 Å². The van der Waals surface area contributed by atoms with Crippen LogP contribution in [0.5, 0.6) is 0 Å². The molecule has 142 valence electrons. The van der Waals surface area contributed by atoms with Crippen molar-refractivity contribution in [3.63, 3.8) is 0 Å². The second-order valence-corrected chi connectivity index (χ2v) is 10.2. The third-order valence-electron chi connectivity index (χ3n) is 6.18. The van der Waals surface area contributed by atoms with Gasteiger partial charge in [-0.3, -0.25) is 9.69 Å². The molecule has 4 rings (SSSR count). The van der Waals surface area contributed by atoms with Gasteiger partial charge in [0.15, 0.2) is 0 Å². The Hall–Kier alpha value is -1.40. The first-order chi connectivity index (χ1) is 12.3. The summed E-state index contributed by atoms with van der Waals surface area (Å²) in [4.78, 5) is 31.1. The number of imide groups is 1. The van der Waals surface area contributed by atoms with Crippen LogP contribution >= 0.6 is 11.3 Å². The molecule has 2 aliphatic heterocycles. The number of amides is 3. The van der Waals surface area contributed by atoms with Gasteiger partial charge in [-0.25, -0.2) is 9.69 Å². The zero-order valence-electron chi connectivity index (χ0n) is 16.0. The second-order valence-electron chi connectivity index (χ2n) is 9.23. The van der Waals surface area contributed by atoms with Crippen LogP contribution in [0.2, 0.25) is 0 Å². The van der Waals surface area contributed by atoms with Crippen molar-refractivity contribution in [1.29, 1.82) is 0 Å². The van der Waals surface area contributed by atoms with Crippen LogP contribution in [-0.4, -0.2) is 40.5 Å². The maximum Gasteiger partial charge on any atom is 0.326 e. The first kappa shape index (κ1) is 18.0. The van der Waals surface area contributed by atoms with Gasteiger partial charge < -0.3 is 5.32 Å². The van der Waals surface area contributed by atoms with E-state index in [2.05, 4.69) is 48.5 Å². The monoisotopic (exact) mass is 375 g/mol. The first-order valence-corrected chi connectivity index (χ1v) is 10.6. The molecule has 3 atom stereocenters. The van der Waals surface area contributed by atoms with Gasteiger partial charge in [-0.2, -0.15) is 0 Å². The molecule has 3 unspecified atom stereocenters. The fraction of sp³-hybridized carbons (Fsp3) is 0.700. The molecule has 1 aromatic rings. The summed E-state index contributed by atoms with van der Waals surface area (Å²) in [5, 5.41) is 5.19. The summed E-state index contributed by atoms with van der Waals surface area (Å²) < 4.78 is 0. The van der Waals surface area contributed by atoms with E-state index in [4.69, 9.17) is 0 Å². The third-order valence-corrected chi connectivity index (χ3v) is 7.16. The van der Waals surface area contributed by atoms with Crippen molar-refractivity contribution in [1.82, 2.24) is 15.1 Å². The van der Waals surface area contributed by atoms with Gasteiger partial charge in [-0.15, -0.1) is 11.3 Å². The molecule has 0 bridgehead atoms. The second kappa shape index (κ2) is 6.34. The first-order valence-electron chi connectivity index (χ1n) is 9.71. The minimum Gasteiger partial charge on any atom is -0.323 e. The van der Waals surface area contributed by atoms with E-state index in [1.54, 1.807) is 11.3 Å². The summed E-state index contributed by atoms with van der Waals surface area (Å²) in [5.74, 6) is 0.424. The lowest BCUT2D eigenvalue weighted by Crippen LogP contribution is -2.54. The molecule has 26 heavy (non-hydrogen) atoms. The van der Waals surface area contributed by atoms with Crippen molar-refractivity contribution < 1.29 is 9.59 Å². The lowest BCUT2D eigenvalue weighted by atomic mass is 9.64. The lowest BCUT2D eigenvalue weighted by molar-refractivity contribution is -0.136. The van der Waals surface area contributed by atoms with Crippen LogP contribution in [0, 0.1) is 11.3 Å². The number of nitrogens with one attached hydrogen (secondary N) is 1. The molecule has 1 N–H and O–H groups in total. The number of rotatable bonds is 3. The Bertz CT molecular complexity index is 702. The number of hydrogen-bond acceptors (Lipinski definition) is 4. The molecule has 3 heterocycles. The van der Waals surface area contributed by atoms with E-state index in [0.717, 1.165) is 38.6 Å². The molecule has 2 saturated heterocycles. The Morgan fingerprint density at radius 3 is 2.81 bits per heavy atom. The smallest absolute Gasteiger partial charge is 0.323 e. The zero-order chi connectivity index (χ0) is 18.5. The number of likely N-dealkylation sites (tertiary alicyclic amines) is 1. The van der Waals surface area contributed by atoms with Crippen LogP contribution < -0.4 is 5.32 Å². The minimum absolute atomic E-state index is 0.0149. The molecule has 5 nitrogen and oxygen atoms in total. The summed E-state index contributed by atoms with van der Waals surface area (Å²) in [5.41, 5.74) is -0.625. The average Bonchev–Trinajstić information content (AvgIpc) is 3.23. The van der Waals surface area contributed by atoms with E-state index in [0.29, 0.717) is 18.6 Å². The molecule has 3 amide bonds. The minimum atomic E-state index is -0.698. The van der Waals surface area contributed by atoms with Gasteiger partial charge in [0, 0.05) is 17.5 Å². The van der Waals surface area contributed by atoms with Crippen LogP contribution in [0.4, 0.5) is 4.79 Å². The maximum atomic E-state index is 13.3. The third kappa shape index (κ3) is 3.07. The van der Waals surface area contributed by atoms with Crippen LogP contribution in [0.15, 0.2) is 17.5 Å². The van der Waals surface area contributed by atoms with Crippen LogP contribution in [0.1, 0.15) is 63.8 Å². The lowest BCUT2D eigenvalue weighted by Gasteiger charge is -2.44. The van der Waals surface area contributed by atoms with Crippen molar-refractivity contribution in [3.8, 4) is 0 Å². The molecule has 3 aliphatic rings. The summed E-state index contributed by atoms with van der Waals surface area (Å²) in [6.07, 6.45) is 4.80. The number of nitrogens with zero attached hydrogens (tertiary/aromatic N) is 2. The molecule has 1 aliphatic carbocycles. The SMILES string of the molecule is CC1CC(C)(C)CC2(C1)NC(=O)N(CN1CCCC1c1cccs1)C2=O. The highest BCUT2D eigenvalue weighted by Gasteiger charge is 2.56. The Labute approximate surface area is 159 Å². The van der Waals surface area contributed by atoms with Gasteiger partial charge in [-0.1, -0.05) is 26.8 Å². The molecule has 1 spiro atoms. The largest absolute Gasteiger partial charge is 0.326 e. The molecule has 0 aromatic carbocycles. The normalized spacial score (nSPS) is 34.7. The summed E-state index contributed by atoms with van der Waals surface area (Å²) in [6, 6.07) is 4.35. The fourth-order valence-electron chi connectivity index (χ4n) is 5.61. The topological polar surface area (TPSA) is 52.7 Å².